The number of nitrogens with two attached hydrogens (primary N) is 1. The number of nitrogen functional groups attached to an aromatic ring is 1. The lowest BCUT2D eigenvalue weighted by atomic mass is 10.2. The molecule has 5 nitrogen and oxygen atoms in total. The second-order valence-electron chi connectivity index (χ2n) is 3.15. The van der Waals surface area contributed by atoms with Crippen molar-refractivity contribution in [2.75, 3.05) is 11.1 Å². The van der Waals surface area contributed by atoms with Crippen LogP contribution in [0.5, 0.6) is 0 Å². The molecular formula is C11H10N4O. The van der Waals surface area contributed by atoms with E-state index in [0.29, 0.717) is 16.9 Å². The van der Waals surface area contributed by atoms with Gasteiger partial charge in [-0.1, -0.05) is 0 Å². The van der Waals surface area contributed by atoms with Gasteiger partial charge < -0.3 is 11.1 Å². The zero-order valence-electron chi connectivity index (χ0n) is 8.42. The van der Waals surface area contributed by atoms with Crippen LogP contribution in [0.15, 0.2) is 43.0 Å². The van der Waals surface area contributed by atoms with Crippen LogP contribution in [-0.2, 0) is 0 Å². The molecule has 3 N–H and O–H groups in total. The van der Waals surface area contributed by atoms with Crippen molar-refractivity contribution in [1.29, 1.82) is 0 Å². The van der Waals surface area contributed by atoms with E-state index in [4.69, 9.17) is 5.73 Å². The fourth-order valence-corrected chi connectivity index (χ4v) is 1.23. The molecule has 0 fully saturated rings. The number of nitrogens with one attached hydrogen (secondary N) is 1. The van der Waals surface area contributed by atoms with Crippen LogP contribution < -0.4 is 11.1 Å². The SMILES string of the molecule is Nc1ccncc1C(=O)Nc1ccncc1. The van der Waals surface area contributed by atoms with Crippen molar-refractivity contribution in [3.63, 3.8) is 0 Å². The molecule has 2 rings (SSSR count). The third-order valence-corrected chi connectivity index (χ3v) is 2.04. The molecule has 5 heteroatoms. The molecule has 0 aliphatic rings. The monoisotopic (exact) mass is 214 g/mol. The summed E-state index contributed by atoms with van der Waals surface area (Å²) >= 11 is 0. The topological polar surface area (TPSA) is 80.9 Å². The summed E-state index contributed by atoms with van der Waals surface area (Å²) in [5, 5.41) is 2.70. The van der Waals surface area contributed by atoms with Crippen LogP contribution in [0.3, 0.4) is 0 Å². The van der Waals surface area contributed by atoms with Gasteiger partial charge in [0.25, 0.3) is 5.91 Å². The van der Waals surface area contributed by atoms with Crippen molar-refractivity contribution in [2.24, 2.45) is 0 Å². The largest absolute Gasteiger partial charge is 0.398 e. The van der Waals surface area contributed by atoms with E-state index in [1.165, 1.54) is 6.20 Å². The Hall–Kier alpha value is -2.43. The van der Waals surface area contributed by atoms with Crippen molar-refractivity contribution in [3.8, 4) is 0 Å². The summed E-state index contributed by atoms with van der Waals surface area (Å²) in [6.45, 7) is 0. The molecule has 0 unspecified atom stereocenters. The van der Waals surface area contributed by atoms with Crippen LogP contribution >= 0.6 is 0 Å². The molecule has 2 aromatic rings. The van der Waals surface area contributed by atoms with E-state index < -0.39 is 0 Å². The molecule has 0 aromatic carbocycles. The number of hydrogen-bond donors (Lipinski definition) is 2. The second kappa shape index (κ2) is 4.39. The van der Waals surface area contributed by atoms with Gasteiger partial charge in [-0.3, -0.25) is 14.8 Å². The highest BCUT2D eigenvalue weighted by atomic mass is 16.1. The van der Waals surface area contributed by atoms with Gasteiger partial charge in [0.2, 0.25) is 0 Å². The van der Waals surface area contributed by atoms with E-state index in [0.717, 1.165) is 0 Å². The molecule has 1 amide bonds. The molecule has 80 valence electrons. The van der Waals surface area contributed by atoms with Gasteiger partial charge in [0.05, 0.1) is 5.56 Å². The van der Waals surface area contributed by atoms with Gasteiger partial charge in [0.1, 0.15) is 0 Å². The van der Waals surface area contributed by atoms with Crippen molar-refractivity contribution in [3.05, 3.63) is 48.5 Å². The summed E-state index contributed by atoms with van der Waals surface area (Å²) in [6.07, 6.45) is 6.18. The molecule has 0 radical (unpaired) electrons. The molecule has 0 atom stereocenters. The Morgan fingerprint density at radius 1 is 1.12 bits per heavy atom. The van der Waals surface area contributed by atoms with Crippen LogP contribution in [-0.4, -0.2) is 15.9 Å². The third kappa shape index (κ3) is 2.14. The van der Waals surface area contributed by atoms with Crippen LogP contribution in [0.4, 0.5) is 11.4 Å². The lowest BCUT2D eigenvalue weighted by molar-refractivity contribution is 0.102. The highest BCUT2D eigenvalue weighted by Gasteiger charge is 2.09. The van der Waals surface area contributed by atoms with E-state index in [1.54, 1.807) is 36.8 Å². The maximum absolute atomic E-state index is 11.8. The Morgan fingerprint density at radius 3 is 2.50 bits per heavy atom. The highest BCUT2D eigenvalue weighted by molar-refractivity contribution is 6.07. The summed E-state index contributed by atoms with van der Waals surface area (Å²) in [6, 6.07) is 4.98. The van der Waals surface area contributed by atoms with Crippen LogP contribution in [0.25, 0.3) is 0 Å². The second-order valence-corrected chi connectivity index (χ2v) is 3.15. The first-order chi connectivity index (χ1) is 7.77. The summed E-state index contributed by atoms with van der Waals surface area (Å²) in [5.74, 6) is -0.281. The maximum atomic E-state index is 11.8. The Kier molecular flexibility index (Phi) is 2.77. The Labute approximate surface area is 92.3 Å². The van der Waals surface area contributed by atoms with Gasteiger partial charge in [-0.2, -0.15) is 0 Å². The van der Waals surface area contributed by atoms with Gasteiger partial charge in [-0.15, -0.1) is 0 Å². The molecule has 0 spiro atoms. The number of carbonyl (C=O) groups is 1. The quantitative estimate of drug-likeness (QED) is 0.789. The number of rotatable bonds is 2. The molecule has 0 bridgehead atoms. The van der Waals surface area contributed by atoms with E-state index in [9.17, 15) is 4.79 Å². The Balaban J connectivity index is 2.19. The van der Waals surface area contributed by atoms with Gasteiger partial charge in [0.15, 0.2) is 0 Å². The van der Waals surface area contributed by atoms with Gasteiger partial charge in [-0.25, -0.2) is 0 Å². The molecule has 0 aliphatic heterocycles. The summed E-state index contributed by atoms with van der Waals surface area (Å²) in [7, 11) is 0. The zero-order valence-corrected chi connectivity index (χ0v) is 8.42. The van der Waals surface area contributed by atoms with Crippen LogP contribution in [0.2, 0.25) is 0 Å². The minimum absolute atomic E-state index is 0.281. The average molecular weight is 214 g/mol. The first-order valence-corrected chi connectivity index (χ1v) is 4.68. The van der Waals surface area contributed by atoms with Gasteiger partial charge in [0, 0.05) is 36.2 Å². The number of amides is 1. The lowest BCUT2D eigenvalue weighted by Crippen LogP contribution is -2.14. The average Bonchev–Trinajstić information content (AvgIpc) is 2.31. The van der Waals surface area contributed by atoms with E-state index in [-0.39, 0.29) is 5.91 Å². The Morgan fingerprint density at radius 2 is 1.81 bits per heavy atom. The maximum Gasteiger partial charge on any atom is 0.259 e. The highest BCUT2D eigenvalue weighted by Crippen LogP contribution is 2.12. The van der Waals surface area contributed by atoms with Crippen molar-refractivity contribution in [2.45, 2.75) is 0 Å². The normalized spacial score (nSPS) is 9.75. The van der Waals surface area contributed by atoms with Gasteiger partial charge in [-0.05, 0) is 18.2 Å². The molecule has 2 aromatic heterocycles. The summed E-state index contributed by atoms with van der Waals surface area (Å²) in [4.78, 5) is 19.5. The first-order valence-electron chi connectivity index (χ1n) is 4.68. The van der Waals surface area contributed by atoms with E-state index in [2.05, 4.69) is 15.3 Å². The zero-order chi connectivity index (χ0) is 11.4. The summed E-state index contributed by atoms with van der Waals surface area (Å²) < 4.78 is 0. The van der Waals surface area contributed by atoms with Crippen molar-refractivity contribution in [1.82, 2.24) is 9.97 Å². The molecule has 0 saturated carbocycles. The number of nitrogens with zero attached hydrogens (tertiary/aromatic N) is 2. The Bertz CT molecular complexity index is 498. The van der Waals surface area contributed by atoms with E-state index in [1.807, 2.05) is 0 Å². The van der Waals surface area contributed by atoms with Gasteiger partial charge >= 0.3 is 0 Å². The fourth-order valence-electron chi connectivity index (χ4n) is 1.23. The predicted octanol–water partition coefficient (Wildman–Crippen LogP) is 1.31. The van der Waals surface area contributed by atoms with Crippen LogP contribution in [0.1, 0.15) is 10.4 Å². The molecule has 16 heavy (non-hydrogen) atoms. The number of aromatic nitrogens is 2. The lowest BCUT2D eigenvalue weighted by Gasteiger charge is -2.05. The molecule has 0 aliphatic carbocycles. The minimum atomic E-state index is -0.281. The van der Waals surface area contributed by atoms with Crippen molar-refractivity contribution < 1.29 is 4.79 Å². The van der Waals surface area contributed by atoms with Crippen LogP contribution in [0, 0.1) is 0 Å². The minimum Gasteiger partial charge on any atom is -0.398 e. The molecular weight excluding hydrogens is 204 g/mol. The smallest absolute Gasteiger partial charge is 0.259 e. The number of pyridine rings is 2. The predicted molar refractivity (Wildman–Crippen MR) is 60.8 cm³/mol. The fraction of sp³-hybridized carbons (Fsp3) is 0. The number of anilines is 2. The standard InChI is InChI=1S/C11H10N4O/c12-10-3-6-14-7-9(10)11(16)15-8-1-4-13-5-2-8/h1-7H,(H2,12,14)(H,13,15,16). The number of hydrogen-bond acceptors (Lipinski definition) is 4. The van der Waals surface area contributed by atoms with Crippen molar-refractivity contribution >= 4 is 17.3 Å². The number of carbonyl (C=O) groups excluding carboxylic acids is 1. The molecule has 2 heterocycles. The first kappa shape index (κ1) is 10.1. The molecule has 0 saturated heterocycles. The van der Waals surface area contributed by atoms with E-state index >= 15 is 0 Å². The third-order valence-electron chi connectivity index (χ3n) is 2.04. The summed E-state index contributed by atoms with van der Waals surface area (Å²) in [5.41, 5.74) is 7.10.